The predicted octanol–water partition coefficient (Wildman–Crippen LogP) is 2.50. The quantitative estimate of drug-likeness (QED) is 0.720. The lowest BCUT2D eigenvalue weighted by atomic mass is 10.2. The van der Waals surface area contributed by atoms with Crippen LogP contribution in [0.4, 0.5) is 24.9 Å². The lowest BCUT2D eigenvalue weighted by Crippen LogP contribution is -2.21. The molecular weight excluding hydrogens is 273 g/mol. The Labute approximate surface area is 115 Å². The first-order valence-corrected chi connectivity index (χ1v) is 6.48. The maximum absolute atomic E-state index is 12.7. The first kappa shape index (κ1) is 16.5. The van der Waals surface area contributed by atoms with Crippen LogP contribution < -0.4 is 10.6 Å². The molecule has 0 aliphatic rings. The van der Waals surface area contributed by atoms with Gasteiger partial charge in [-0.25, -0.2) is 4.98 Å². The van der Waals surface area contributed by atoms with Crippen molar-refractivity contribution in [2.75, 3.05) is 23.7 Å². The molecule has 1 rings (SSSR count). The molecule has 114 valence electrons. The number of alkyl halides is 3. The highest BCUT2D eigenvalue weighted by molar-refractivity contribution is 5.43. The van der Waals surface area contributed by atoms with Gasteiger partial charge in [0.2, 0.25) is 5.95 Å². The third-order valence-electron chi connectivity index (χ3n) is 2.49. The van der Waals surface area contributed by atoms with Crippen LogP contribution in [0.25, 0.3) is 0 Å². The molecule has 0 saturated carbocycles. The van der Waals surface area contributed by atoms with E-state index in [1.54, 1.807) is 6.92 Å². The molecule has 1 heterocycles. The van der Waals surface area contributed by atoms with E-state index in [1.165, 1.54) is 0 Å². The molecule has 1 aromatic rings. The maximum atomic E-state index is 12.7. The van der Waals surface area contributed by atoms with Gasteiger partial charge in [-0.1, -0.05) is 13.3 Å². The van der Waals surface area contributed by atoms with Gasteiger partial charge < -0.3 is 15.7 Å². The van der Waals surface area contributed by atoms with Gasteiger partial charge in [0, 0.05) is 19.2 Å². The van der Waals surface area contributed by atoms with Gasteiger partial charge in [0.25, 0.3) is 0 Å². The molecule has 1 unspecified atom stereocenters. The Morgan fingerprint density at radius 1 is 1.25 bits per heavy atom. The van der Waals surface area contributed by atoms with E-state index in [-0.39, 0.29) is 18.3 Å². The third-order valence-corrected chi connectivity index (χ3v) is 2.49. The monoisotopic (exact) mass is 292 g/mol. The number of anilines is 2. The van der Waals surface area contributed by atoms with Gasteiger partial charge in [-0.05, 0) is 13.3 Å². The second kappa shape index (κ2) is 7.28. The summed E-state index contributed by atoms with van der Waals surface area (Å²) in [7, 11) is 0. The van der Waals surface area contributed by atoms with E-state index in [9.17, 15) is 18.3 Å². The van der Waals surface area contributed by atoms with Crippen molar-refractivity contribution in [3.63, 3.8) is 0 Å². The minimum absolute atomic E-state index is 0.0402. The summed E-state index contributed by atoms with van der Waals surface area (Å²) >= 11 is 0. The zero-order valence-corrected chi connectivity index (χ0v) is 11.5. The maximum Gasteiger partial charge on any atom is 0.433 e. The zero-order valence-electron chi connectivity index (χ0n) is 11.5. The molecule has 0 radical (unpaired) electrons. The molecule has 0 aliphatic heterocycles. The van der Waals surface area contributed by atoms with Gasteiger partial charge >= 0.3 is 6.18 Å². The van der Waals surface area contributed by atoms with Crippen LogP contribution in [0.3, 0.4) is 0 Å². The molecule has 20 heavy (non-hydrogen) atoms. The largest absolute Gasteiger partial charge is 0.433 e. The molecule has 8 heteroatoms. The minimum Gasteiger partial charge on any atom is -0.391 e. The average molecular weight is 292 g/mol. The molecule has 5 nitrogen and oxygen atoms in total. The average Bonchev–Trinajstić information content (AvgIpc) is 2.36. The van der Waals surface area contributed by atoms with Crippen LogP contribution in [0.5, 0.6) is 0 Å². The number of aliphatic hydroxyl groups excluding tert-OH is 1. The lowest BCUT2D eigenvalue weighted by molar-refractivity contribution is -0.141. The highest BCUT2D eigenvalue weighted by Gasteiger charge is 2.33. The van der Waals surface area contributed by atoms with Crippen molar-refractivity contribution in [2.24, 2.45) is 0 Å². The van der Waals surface area contributed by atoms with Crippen LogP contribution in [-0.4, -0.2) is 34.3 Å². The van der Waals surface area contributed by atoms with Crippen molar-refractivity contribution in [3.05, 3.63) is 11.8 Å². The molecule has 0 spiro atoms. The van der Waals surface area contributed by atoms with Crippen LogP contribution in [0.2, 0.25) is 0 Å². The molecule has 0 fully saturated rings. The van der Waals surface area contributed by atoms with Crippen LogP contribution in [0, 0.1) is 0 Å². The summed E-state index contributed by atoms with van der Waals surface area (Å²) in [5, 5.41) is 14.9. The number of hydrogen-bond acceptors (Lipinski definition) is 5. The number of nitrogens with one attached hydrogen (secondary N) is 2. The lowest BCUT2D eigenvalue weighted by Gasteiger charge is -2.14. The topological polar surface area (TPSA) is 70.1 Å². The number of halogens is 3. The minimum atomic E-state index is -4.54. The van der Waals surface area contributed by atoms with E-state index < -0.39 is 18.0 Å². The van der Waals surface area contributed by atoms with Crippen molar-refractivity contribution in [2.45, 2.75) is 39.0 Å². The highest BCUT2D eigenvalue weighted by Crippen LogP contribution is 2.29. The molecule has 1 aromatic heterocycles. The van der Waals surface area contributed by atoms with E-state index in [1.807, 2.05) is 6.92 Å². The van der Waals surface area contributed by atoms with Crippen molar-refractivity contribution in [1.29, 1.82) is 0 Å². The summed E-state index contributed by atoms with van der Waals surface area (Å²) in [6.07, 6.45) is -3.79. The molecule has 1 atom stereocenters. The highest BCUT2D eigenvalue weighted by atomic mass is 19.4. The van der Waals surface area contributed by atoms with E-state index >= 15 is 0 Å². The fourth-order valence-corrected chi connectivity index (χ4v) is 1.58. The number of aliphatic hydroxyl groups is 1. The Balaban J connectivity index is 2.86. The van der Waals surface area contributed by atoms with Gasteiger partial charge in [0.15, 0.2) is 5.69 Å². The van der Waals surface area contributed by atoms with Crippen LogP contribution in [0.1, 0.15) is 32.4 Å². The standard InChI is InChI=1S/C12H19F3N4O/c1-3-5-8(20)7-17-10-6-9(12(13,14)15)18-11(19-10)16-4-2/h6,8,20H,3-5,7H2,1-2H3,(H2,16,17,18,19). The van der Waals surface area contributed by atoms with E-state index in [4.69, 9.17) is 0 Å². The van der Waals surface area contributed by atoms with Crippen LogP contribution in [0.15, 0.2) is 6.07 Å². The van der Waals surface area contributed by atoms with Crippen LogP contribution >= 0.6 is 0 Å². The van der Waals surface area contributed by atoms with Gasteiger partial charge in [-0.15, -0.1) is 0 Å². The van der Waals surface area contributed by atoms with Crippen molar-refractivity contribution >= 4 is 11.8 Å². The Morgan fingerprint density at radius 2 is 1.95 bits per heavy atom. The number of hydrogen-bond donors (Lipinski definition) is 3. The van der Waals surface area contributed by atoms with Gasteiger partial charge in [0.05, 0.1) is 6.10 Å². The van der Waals surface area contributed by atoms with Crippen molar-refractivity contribution in [3.8, 4) is 0 Å². The molecule has 0 bridgehead atoms. The predicted molar refractivity (Wildman–Crippen MR) is 70.6 cm³/mol. The summed E-state index contributed by atoms with van der Waals surface area (Å²) in [5.41, 5.74) is -1.02. The molecule has 0 aliphatic carbocycles. The molecule has 0 aromatic carbocycles. The number of nitrogens with zero attached hydrogens (tertiary/aromatic N) is 2. The Bertz CT molecular complexity index is 426. The Hall–Kier alpha value is -1.57. The van der Waals surface area contributed by atoms with Gasteiger partial charge in [-0.2, -0.15) is 18.2 Å². The number of rotatable bonds is 7. The summed E-state index contributed by atoms with van der Waals surface area (Å²) in [5.74, 6) is -0.0479. The van der Waals surface area contributed by atoms with E-state index in [0.717, 1.165) is 12.5 Å². The fraction of sp³-hybridized carbons (Fsp3) is 0.667. The normalized spacial score (nSPS) is 13.1. The van der Waals surface area contributed by atoms with Crippen molar-refractivity contribution < 1.29 is 18.3 Å². The smallest absolute Gasteiger partial charge is 0.391 e. The molecule has 0 amide bonds. The molecule has 3 N–H and O–H groups in total. The first-order valence-electron chi connectivity index (χ1n) is 6.48. The first-order chi connectivity index (χ1) is 9.36. The second-order valence-corrected chi connectivity index (χ2v) is 4.31. The third kappa shape index (κ3) is 5.20. The second-order valence-electron chi connectivity index (χ2n) is 4.31. The summed E-state index contributed by atoms with van der Waals surface area (Å²) in [6.45, 7) is 4.22. The fourth-order valence-electron chi connectivity index (χ4n) is 1.58. The van der Waals surface area contributed by atoms with E-state index in [0.29, 0.717) is 13.0 Å². The van der Waals surface area contributed by atoms with E-state index in [2.05, 4.69) is 20.6 Å². The van der Waals surface area contributed by atoms with Crippen molar-refractivity contribution in [1.82, 2.24) is 9.97 Å². The Kier molecular flexibility index (Phi) is 6.00. The SMILES string of the molecule is CCCC(O)CNc1cc(C(F)(F)F)nc(NCC)n1. The molecule has 0 saturated heterocycles. The Morgan fingerprint density at radius 3 is 2.50 bits per heavy atom. The summed E-state index contributed by atoms with van der Waals surface area (Å²) < 4.78 is 38.1. The van der Waals surface area contributed by atoms with Crippen LogP contribution in [-0.2, 0) is 6.18 Å². The summed E-state index contributed by atoms with van der Waals surface area (Å²) in [4.78, 5) is 7.33. The molecular formula is C12H19F3N4O. The van der Waals surface area contributed by atoms with Gasteiger partial charge in [0.1, 0.15) is 5.82 Å². The number of aromatic nitrogens is 2. The zero-order chi connectivity index (χ0) is 15.2. The van der Waals surface area contributed by atoms with Gasteiger partial charge in [-0.3, -0.25) is 0 Å². The summed E-state index contributed by atoms with van der Waals surface area (Å²) in [6, 6.07) is 0.833.